The van der Waals surface area contributed by atoms with Gasteiger partial charge in [-0.1, -0.05) is 68.3 Å². The fourth-order valence-corrected chi connectivity index (χ4v) is 5.93. The molecule has 1 N–H and O–H groups in total. The lowest BCUT2D eigenvalue weighted by atomic mass is 9.95. The number of carbonyl (C=O) groups is 1. The third-order valence-corrected chi connectivity index (χ3v) is 7.64. The molecule has 29 heavy (non-hydrogen) atoms. The van der Waals surface area contributed by atoms with Crippen molar-refractivity contribution in [3.05, 3.63) is 51.9 Å². The Balaban J connectivity index is 1.53. The molecule has 1 aromatic heterocycles. The molecule has 1 amide bonds. The van der Waals surface area contributed by atoms with E-state index < -0.39 is 0 Å². The Bertz CT molecular complexity index is 924. The van der Waals surface area contributed by atoms with Crippen molar-refractivity contribution in [2.45, 2.75) is 73.3 Å². The van der Waals surface area contributed by atoms with Crippen LogP contribution in [0.5, 0.6) is 0 Å². The van der Waals surface area contributed by atoms with E-state index in [2.05, 4.69) is 12.2 Å². The number of fused-ring (bicyclic) bond motifs is 1. The van der Waals surface area contributed by atoms with Gasteiger partial charge in [0.05, 0.1) is 22.9 Å². The number of thioether (sulfide) groups is 2. The van der Waals surface area contributed by atoms with Crippen LogP contribution in [0, 0.1) is 0 Å². The average Bonchev–Trinajstić information content (AvgIpc) is 3.11. The lowest BCUT2D eigenvalue weighted by Gasteiger charge is -2.22. The molecule has 1 atom stereocenters. The number of nitrogens with one attached hydrogen (secondary N) is 1. The molecule has 0 radical (unpaired) electrons. The molecule has 0 unspecified atom stereocenters. The smallest absolute Gasteiger partial charge is 0.268 e. The van der Waals surface area contributed by atoms with Gasteiger partial charge in [0.1, 0.15) is 0 Å². The SMILES string of the molecule is C[C@H]1Cc2nc(SCC(=O)NC3CCCCC3)n(Cc3ccccc3)c(=O)c2S1. The zero-order valence-electron chi connectivity index (χ0n) is 16.7. The summed E-state index contributed by atoms with van der Waals surface area (Å²) in [6.07, 6.45) is 6.60. The van der Waals surface area contributed by atoms with Crippen LogP contribution in [0.1, 0.15) is 50.3 Å². The van der Waals surface area contributed by atoms with Gasteiger partial charge in [0, 0.05) is 17.7 Å². The molecule has 5 nitrogen and oxygen atoms in total. The fourth-order valence-electron chi connectivity index (χ4n) is 3.99. The van der Waals surface area contributed by atoms with Crippen molar-refractivity contribution in [1.29, 1.82) is 0 Å². The summed E-state index contributed by atoms with van der Waals surface area (Å²) in [7, 11) is 0. The van der Waals surface area contributed by atoms with E-state index >= 15 is 0 Å². The monoisotopic (exact) mass is 429 g/mol. The van der Waals surface area contributed by atoms with Crippen LogP contribution in [0.25, 0.3) is 0 Å². The van der Waals surface area contributed by atoms with Crippen LogP contribution in [0.4, 0.5) is 0 Å². The molecule has 154 valence electrons. The van der Waals surface area contributed by atoms with E-state index in [9.17, 15) is 9.59 Å². The lowest BCUT2D eigenvalue weighted by Crippen LogP contribution is -2.37. The second-order valence-electron chi connectivity index (χ2n) is 7.87. The van der Waals surface area contributed by atoms with Gasteiger partial charge in [0.2, 0.25) is 5.91 Å². The Morgan fingerprint density at radius 2 is 2.00 bits per heavy atom. The second kappa shape index (κ2) is 9.39. The van der Waals surface area contributed by atoms with Crippen LogP contribution in [-0.2, 0) is 17.8 Å². The van der Waals surface area contributed by atoms with E-state index in [-0.39, 0.29) is 11.5 Å². The molecule has 1 aliphatic heterocycles. The molecule has 2 heterocycles. The van der Waals surface area contributed by atoms with E-state index in [1.165, 1.54) is 31.0 Å². The third kappa shape index (κ3) is 5.07. The maximum atomic E-state index is 13.2. The molecular formula is C22H27N3O2S2. The van der Waals surface area contributed by atoms with Crippen LogP contribution in [0.2, 0.25) is 0 Å². The standard InChI is InChI=1S/C22H27N3O2S2/c1-15-12-18-20(29-15)21(27)25(13-16-8-4-2-5-9-16)22(24-18)28-14-19(26)23-17-10-6-3-7-11-17/h2,4-5,8-9,15,17H,3,6-7,10-14H2,1H3,(H,23,26)/t15-/m0/s1. The number of nitrogens with zero attached hydrogens (tertiary/aromatic N) is 2. The second-order valence-corrected chi connectivity index (χ2v) is 10.3. The number of carbonyl (C=O) groups excluding carboxylic acids is 1. The highest BCUT2D eigenvalue weighted by molar-refractivity contribution is 8.00. The Morgan fingerprint density at radius 1 is 1.24 bits per heavy atom. The van der Waals surface area contributed by atoms with Crippen LogP contribution < -0.4 is 10.9 Å². The molecule has 1 fully saturated rings. The zero-order chi connectivity index (χ0) is 20.2. The summed E-state index contributed by atoms with van der Waals surface area (Å²) in [4.78, 5) is 31.2. The lowest BCUT2D eigenvalue weighted by molar-refractivity contribution is -0.119. The molecule has 1 aliphatic carbocycles. The Kier molecular flexibility index (Phi) is 6.65. The number of benzene rings is 1. The Hall–Kier alpha value is -1.73. The van der Waals surface area contributed by atoms with Crippen LogP contribution in [0.3, 0.4) is 0 Å². The molecule has 4 rings (SSSR count). The molecular weight excluding hydrogens is 402 g/mol. The predicted molar refractivity (Wildman–Crippen MR) is 119 cm³/mol. The summed E-state index contributed by atoms with van der Waals surface area (Å²) in [5.74, 6) is 0.324. The molecule has 1 aromatic carbocycles. The molecule has 1 saturated carbocycles. The first-order valence-electron chi connectivity index (χ1n) is 10.4. The first-order valence-corrected chi connectivity index (χ1v) is 12.2. The Labute approximate surface area is 180 Å². The van der Waals surface area contributed by atoms with Crippen molar-refractivity contribution >= 4 is 29.4 Å². The van der Waals surface area contributed by atoms with Crippen molar-refractivity contribution < 1.29 is 4.79 Å². The highest BCUT2D eigenvalue weighted by Crippen LogP contribution is 2.34. The summed E-state index contributed by atoms with van der Waals surface area (Å²) in [5.41, 5.74) is 1.95. The number of aromatic nitrogens is 2. The van der Waals surface area contributed by atoms with Crippen molar-refractivity contribution in [1.82, 2.24) is 14.9 Å². The quantitative estimate of drug-likeness (QED) is 0.558. The molecule has 0 saturated heterocycles. The average molecular weight is 430 g/mol. The normalized spacial score (nSPS) is 19.1. The van der Waals surface area contributed by atoms with Gasteiger partial charge >= 0.3 is 0 Å². The maximum Gasteiger partial charge on any atom is 0.268 e. The van der Waals surface area contributed by atoms with Gasteiger partial charge in [-0.2, -0.15) is 0 Å². The Morgan fingerprint density at radius 3 is 2.76 bits per heavy atom. The number of hydrogen-bond donors (Lipinski definition) is 1. The topological polar surface area (TPSA) is 64.0 Å². The first kappa shape index (κ1) is 20.5. The minimum atomic E-state index is 0.0170. The van der Waals surface area contributed by atoms with E-state index in [1.807, 2.05) is 30.3 Å². The maximum absolute atomic E-state index is 13.2. The molecule has 2 aromatic rings. The molecule has 2 aliphatic rings. The highest BCUT2D eigenvalue weighted by Gasteiger charge is 2.26. The van der Waals surface area contributed by atoms with Crippen molar-refractivity contribution in [2.75, 3.05) is 5.75 Å². The van der Waals surface area contributed by atoms with E-state index in [0.29, 0.717) is 28.7 Å². The molecule has 0 bridgehead atoms. The van der Waals surface area contributed by atoms with Crippen LogP contribution >= 0.6 is 23.5 Å². The van der Waals surface area contributed by atoms with Gasteiger partial charge in [-0.15, -0.1) is 11.8 Å². The van der Waals surface area contributed by atoms with Gasteiger partial charge in [-0.25, -0.2) is 4.98 Å². The van der Waals surface area contributed by atoms with E-state index in [0.717, 1.165) is 35.4 Å². The minimum absolute atomic E-state index is 0.0170. The van der Waals surface area contributed by atoms with Gasteiger partial charge in [0.15, 0.2) is 5.16 Å². The van der Waals surface area contributed by atoms with Crippen LogP contribution in [0.15, 0.2) is 45.2 Å². The van der Waals surface area contributed by atoms with Crippen molar-refractivity contribution in [3.8, 4) is 0 Å². The minimum Gasteiger partial charge on any atom is -0.353 e. The summed E-state index contributed by atoms with van der Waals surface area (Å²) < 4.78 is 1.73. The summed E-state index contributed by atoms with van der Waals surface area (Å²) >= 11 is 2.99. The van der Waals surface area contributed by atoms with Gasteiger partial charge in [-0.3, -0.25) is 14.2 Å². The summed E-state index contributed by atoms with van der Waals surface area (Å²) in [5, 5.41) is 4.16. The largest absolute Gasteiger partial charge is 0.353 e. The molecule has 0 spiro atoms. The van der Waals surface area contributed by atoms with Gasteiger partial charge < -0.3 is 5.32 Å². The van der Waals surface area contributed by atoms with E-state index in [4.69, 9.17) is 4.98 Å². The van der Waals surface area contributed by atoms with Gasteiger partial charge in [-0.05, 0) is 18.4 Å². The first-order chi connectivity index (χ1) is 14.1. The third-order valence-electron chi connectivity index (χ3n) is 5.45. The fraction of sp³-hybridized carbons (Fsp3) is 0.500. The predicted octanol–water partition coefficient (Wildman–Crippen LogP) is 3.87. The van der Waals surface area contributed by atoms with Gasteiger partial charge in [0.25, 0.3) is 5.56 Å². The van der Waals surface area contributed by atoms with Crippen LogP contribution in [-0.4, -0.2) is 32.5 Å². The van der Waals surface area contributed by atoms with Crippen molar-refractivity contribution in [2.24, 2.45) is 0 Å². The van der Waals surface area contributed by atoms with Crippen molar-refractivity contribution in [3.63, 3.8) is 0 Å². The molecule has 7 heteroatoms. The zero-order valence-corrected chi connectivity index (χ0v) is 18.4. The summed E-state index contributed by atoms with van der Waals surface area (Å²) in [6, 6.07) is 10.2. The summed E-state index contributed by atoms with van der Waals surface area (Å²) in [6.45, 7) is 2.60. The number of rotatable bonds is 6. The number of hydrogen-bond acceptors (Lipinski definition) is 5. The van der Waals surface area contributed by atoms with E-state index in [1.54, 1.807) is 16.3 Å². The highest BCUT2D eigenvalue weighted by atomic mass is 32.2. The number of amides is 1.